The third kappa shape index (κ3) is 2.99. The van der Waals surface area contributed by atoms with Crippen molar-refractivity contribution in [1.29, 1.82) is 0 Å². The predicted molar refractivity (Wildman–Crippen MR) is 128 cm³/mol. The molecule has 4 bridgehead atoms. The van der Waals surface area contributed by atoms with E-state index in [1.165, 1.54) is 25.7 Å². The van der Waals surface area contributed by atoms with Gasteiger partial charge in [-0.15, -0.1) is 0 Å². The topological polar surface area (TPSA) is 58.2 Å². The second-order valence-electron chi connectivity index (χ2n) is 13.9. The molecule has 0 saturated heterocycles. The van der Waals surface area contributed by atoms with Gasteiger partial charge in [-0.3, -0.25) is 9.59 Å². The quantitative estimate of drug-likeness (QED) is 0.608. The minimum Gasteiger partial charge on any atom is -0.353 e. The summed E-state index contributed by atoms with van der Waals surface area (Å²) < 4.78 is 0. The summed E-state index contributed by atoms with van der Waals surface area (Å²) in [4.78, 5) is 26.7. The SMILES string of the molecule is CC1(C)C2CCC1(C)C(C(=O)NC1CCCC(NC(=O)C3CC4CCC3(C)C4(C)C)C1)C2. The third-order valence-corrected chi connectivity index (χ3v) is 12.6. The van der Waals surface area contributed by atoms with Crippen LogP contribution in [0.1, 0.15) is 106 Å². The van der Waals surface area contributed by atoms with Crippen molar-refractivity contribution in [3.8, 4) is 0 Å². The lowest BCUT2D eigenvalue weighted by Crippen LogP contribution is -2.51. The van der Waals surface area contributed by atoms with Gasteiger partial charge in [0, 0.05) is 23.9 Å². The number of rotatable bonds is 4. The summed E-state index contributed by atoms with van der Waals surface area (Å²) in [6, 6.07) is 0.416. The largest absolute Gasteiger partial charge is 0.353 e. The monoisotopic (exact) mass is 442 g/mol. The molecule has 32 heavy (non-hydrogen) atoms. The van der Waals surface area contributed by atoms with Crippen molar-refractivity contribution in [3.05, 3.63) is 0 Å². The van der Waals surface area contributed by atoms with Crippen LogP contribution in [0, 0.1) is 45.3 Å². The van der Waals surface area contributed by atoms with E-state index >= 15 is 0 Å². The minimum atomic E-state index is 0.133. The molecule has 5 rings (SSSR count). The van der Waals surface area contributed by atoms with Crippen molar-refractivity contribution in [1.82, 2.24) is 10.6 Å². The molecule has 5 aliphatic carbocycles. The second kappa shape index (κ2) is 7.22. The molecule has 0 aliphatic heterocycles. The van der Waals surface area contributed by atoms with Crippen LogP contribution in [0.2, 0.25) is 0 Å². The summed E-state index contributed by atoms with van der Waals surface area (Å²) in [5.74, 6) is 2.25. The first-order valence-electron chi connectivity index (χ1n) is 13.5. The molecule has 180 valence electrons. The fourth-order valence-electron chi connectivity index (χ4n) is 9.26. The highest BCUT2D eigenvalue weighted by Gasteiger charge is 2.64. The Morgan fingerprint density at radius 1 is 0.625 bits per heavy atom. The van der Waals surface area contributed by atoms with Crippen molar-refractivity contribution >= 4 is 11.8 Å². The van der Waals surface area contributed by atoms with Gasteiger partial charge in [0.05, 0.1) is 0 Å². The van der Waals surface area contributed by atoms with Gasteiger partial charge in [0.1, 0.15) is 0 Å². The number of amides is 2. The van der Waals surface area contributed by atoms with Gasteiger partial charge in [-0.25, -0.2) is 0 Å². The average molecular weight is 443 g/mol. The molecule has 0 heterocycles. The first-order chi connectivity index (χ1) is 14.9. The summed E-state index contributed by atoms with van der Waals surface area (Å²) in [6.45, 7) is 14.2. The lowest BCUT2D eigenvalue weighted by atomic mass is 9.66. The Morgan fingerprint density at radius 3 is 1.34 bits per heavy atom. The van der Waals surface area contributed by atoms with E-state index in [0.717, 1.165) is 38.5 Å². The third-order valence-electron chi connectivity index (χ3n) is 12.6. The van der Waals surface area contributed by atoms with Gasteiger partial charge in [-0.1, -0.05) is 41.5 Å². The number of carbonyl (C=O) groups is 2. The van der Waals surface area contributed by atoms with Crippen LogP contribution >= 0.6 is 0 Å². The maximum atomic E-state index is 13.3. The Labute approximate surface area is 195 Å². The summed E-state index contributed by atoms with van der Waals surface area (Å²) >= 11 is 0. The van der Waals surface area contributed by atoms with Crippen LogP contribution in [-0.4, -0.2) is 23.9 Å². The lowest BCUT2D eigenvalue weighted by molar-refractivity contribution is -0.131. The zero-order valence-corrected chi connectivity index (χ0v) is 21.4. The van der Waals surface area contributed by atoms with E-state index in [2.05, 4.69) is 52.2 Å². The standard InChI is InChI=1S/C28H46N2O2/c1-25(2)17-10-12-27(25,5)21(14-17)23(31)29-19-8-7-9-20(16-19)30-24(32)22-15-18-11-13-28(22,6)26(18,3)4/h17-22H,7-16H2,1-6H3,(H,29,31)(H,30,32). The number of fused-ring (bicyclic) bond motifs is 4. The van der Waals surface area contributed by atoms with Crippen molar-refractivity contribution < 1.29 is 9.59 Å². The fraction of sp³-hybridized carbons (Fsp3) is 0.929. The molecule has 0 aromatic heterocycles. The van der Waals surface area contributed by atoms with Crippen LogP contribution in [-0.2, 0) is 9.59 Å². The van der Waals surface area contributed by atoms with Gasteiger partial charge in [0.15, 0.2) is 0 Å². The van der Waals surface area contributed by atoms with Gasteiger partial charge in [0.2, 0.25) is 11.8 Å². The highest BCUT2D eigenvalue weighted by Crippen LogP contribution is 2.69. The molecule has 5 fully saturated rings. The molecule has 5 saturated carbocycles. The van der Waals surface area contributed by atoms with Crippen LogP contribution in [0.25, 0.3) is 0 Å². The minimum absolute atomic E-state index is 0.133. The fourth-order valence-corrected chi connectivity index (χ4v) is 9.26. The zero-order chi connectivity index (χ0) is 23.1. The van der Waals surface area contributed by atoms with Gasteiger partial charge in [0.25, 0.3) is 0 Å². The Balaban J connectivity index is 1.18. The van der Waals surface area contributed by atoms with Gasteiger partial charge in [-0.2, -0.15) is 0 Å². The maximum Gasteiger partial charge on any atom is 0.223 e. The van der Waals surface area contributed by atoms with E-state index in [4.69, 9.17) is 0 Å². The molecule has 4 nitrogen and oxygen atoms in total. The predicted octanol–water partition coefficient (Wildman–Crippen LogP) is 5.45. The van der Waals surface area contributed by atoms with Crippen LogP contribution in [0.5, 0.6) is 0 Å². The molecule has 2 amide bonds. The summed E-state index contributed by atoms with van der Waals surface area (Å²) in [6.07, 6.45) is 11.1. The first kappa shape index (κ1) is 22.7. The van der Waals surface area contributed by atoms with E-state index in [9.17, 15) is 9.59 Å². The highest BCUT2D eigenvalue weighted by atomic mass is 16.2. The van der Waals surface area contributed by atoms with E-state index in [1.807, 2.05) is 0 Å². The molecule has 4 heteroatoms. The van der Waals surface area contributed by atoms with Crippen LogP contribution < -0.4 is 10.6 Å². The normalized spacial score (nSPS) is 48.1. The van der Waals surface area contributed by atoms with E-state index in [1.54, 1.807) is 0 Å². The van der Waals surface area contributed by atoms with Crippen molar-refractivity contribution in [2.75, 3.05) is 0 Å². The number of carbonyl (C=O) groups excluding carboxylic acids is 2. The van der Waals surface area contributed by atoms with Crippen LogP contribution in [0.15, 0.2) is 0 Å². The first-order valence-corrected chi connectivity index (χ1v) is 13.5. The zero-order valence-electron chi connectivity index (χ0n) is 21.4. The molecule has 0 spiro atoms. The Kier molecular flexibility index (Phi) is 5.12. The van der Waals surface area contributed by atoms with Gasteiger partial charge < -0.3 is 10.6 Å². The molecular formula is C28H46N2O2. The Morgan fingerprint density at radius 2 is 1.03 bits per heavy atom. The van der Waals surface area contributed by atoms with E-state index < -0.39 is 0 Å². The molecule has 0 radical (unpaired) electrons. The van der Waals surface area contributed by atoms with Gasteiger partial charge in [-0.05, 0) is 97.7 Å². The van der Waals surface area contributed by atoms with Crippen LogP contribution in [0.4, 0.5) is 0 Å². The Hall–Kier alpha value is -1.06. The molecule has 0 aromatic rings. The van der Waals surface area contributed by atoms with E-state index in [0.29, 0.717) is 11.8 Å². The Bertz CT molecular complexity index is 739. The lowest BCUT2D eigenvalue weighted by Gasteiger charge is -2.40. The van der Waals surface area contributed by atoms with Crippen molar-refractivity contribution in [2.45, 2.75) is 118 Å². The number of hydrogen-bond donors (Lipinski definition) is 2. The second-order valence-corrected chi connectivity index (χ2v) is 13.9. The molecular weight excluding hydrogens is 396 g/mol. The van der Waals surface area contributed by atoms with E-state index in [-0.39, 0.29) is 57.4 Å². The highest BCUT2D eigenvalue weighted by molar-refractivity contribution is 5.81. The number of hydrogen-bond acceptors (Lipinski definition) is 2. The summed E-state index contributed by atoms with van der Waals surface area (Å²) in [7, 11) is 0. The number of nitrogens with one attached hydrogen (secondary N) is 2. The smallest absolute Gasteiger partial charge is 0.223 e. The molecule has 2 N–H and O–H groups in total. The summed E-state index contributed by atoms with van der Waals surface area (Å²) in [5, 5.41) is 6.88. The van der Waals surface area contributed by atoms with Crippen molar-refractivity contribution in [2.24, 2.45) is 45.3 Å². The molecule has 8 atom stereocenters. The van der Waals surface area contributed by atoms with Crippen molar-refractivity contribution in [3.63, 3.8) is 0 Å². The molecule has 8 unspecified atom stereocenters. The average Bonchev–Trinajstić information content (AvgIpc) is 3.25. The van der Waals surface area contributed by atoms with Crippen LogP contribution in [0.3, 0.4) is 0 Å². The maximum absolute atomic E-state index is 13.3. The molecule has 5 aliphatic rings. The summed E-state index contributed by atoms with van der Waals surface area (Å²) in [5.41, 5.74) is 0.799. The van der Waals surface area contributed by atoms with Gasteiger partial charge >= 0.3 is 0 Å². The molecule has 0 aromatic carbocycles.